The van der Waals surface area contributed by atoms with Crippen LogP contribution in [0, 0.1) is 0 Å². The van der Waals surface area contributed by atoms with Crippen LogP contribution in [-0.2, 0) is 22.7 Å². The zero-order chi connectivity index (χ0) is 30.2. The monoisotopic (exact) mass is 598 g/mol. The average molecular weight is 599 g/mol. The number of alkyl halides is 3. The molecular formula is C29H29F3N6O3S. The molecule has 0 radical (unpaired) electrons. The summed E-state index contributed by atoms with van der Waals surface area (Å²) in [7, 11) is -3.66. The van der Waals surface area contributed by atoms with Crippen LogP contribution in [0.4, 0.5) is 24.5 Å². The largest absolute Gasteiger partial charge is 0.435 e. The topological polar surface area (TPSA) is 136 Å². The number of rotatable bonds is 9. The molecule has 0 aliphatic heterocycles. The van der Waals surface area contributed by atoms with Gasteiger partial charge in [0.25, 0.3) is 5.91 Å². The van der Waals surface area contributed by atoms with E-state index in [-0.39, 0.29) is 29.7 Å². The highest BCUT2D eigenvalue weighted by molar-refractivity contribution is 7.88. The molecule has 5 N–H and O–H groups in total. The van der Waals surface area contributed by atoms with Crippen molar-refractivity contribution in [2.45, 2.75) is 37.6 Å². The Balaban J connectivity index is 1.54. The number of nitrogens with one attached hydrogen (secondary N) is 1. The minimum Gasteiger partial charge on any atom is -0.399 e. The van der Waals surface area contributed by atoms with Gasteiger partial charge in [-0.3, -0.25) is 4.79 Å². The van der Waals surface area contributed by atoms with E-state index in [2.05, 4.69) is 10.4 Å². The highest BCUT2D eigenvalue weighted by atomic mass is 32.2. The molecule has 42 heavy (non-hydrogen) atoms. The number of hydrogen-bond acceptors (Lipinski definition) is 6. The molecule has 13 heteroatoms. The van der Waals surface area contributed by atoms with Crippen molar-refractivity contribution in [3.63, 3.8) is 0 Å². The first-order valence-electron chi connectivity index (χ1n) is 13.1. The molecule has 1 fully saturated rings. The fourth-order valence-electron chi connectivity index (χ4n) is 4.89. The van der Waals surface area contributed by atoms with E-state index in [1.807, 2.05) is 0 Å². The number of carbonyl (C=O) groups excluding carboxylic acids is 1. The summed E-state index contributed by atoms with van der Waals surface area (Å²) in [6.45, 7) is 0.148. The second kappa shape index (κ2) is 11.2. The van der Waals surface area contributed by atoms with E-state index in [1.54, 1.807) is 66.7 Å². The number of halogens is 3. The maximum absolute atomic E-state index is 13.6. The quantitative estimate of drug-likeness (QED) is 0.239. The Kier molecular flexibility index (Phi) is 7.84. The summed E-state index contributed by atoms with van der Waals surface area (Å²) >= 11 is 0. The summed E-state index contributed by atoms with van der Waals surface area (Å²) in [4.78, 5) is 13.4. The molecule has 1 aliphatic rings. The van der Waals surface area contributed by atoms with E-state index in [1.165, 1.54) is 10.4 Å². The van der Waals surface area contributed by atoms with Crippen molar-refractivity contribution in [1.82, 2.24) is 14.1 Å². The second-order valence-corrected chi connectivity index (χ2v) is 12.1. The first-order chi connectivity index (χ1) is 19.8. The number of nitrogen functional groups attached to an aromatic ring is 1. The molecule has 0 saturated heterocycles. The average Bonchev–Trinajstić information content (AvgIpc) is 3.65. The Hall–Kier alpha value is -4.20. The minimum absolute atomic E-state index is 0.148. The van der Waals surface area contributed by atoms with Gasteiger partial charge in [0.05, 0.1) is 18.0 Å². The Bertz CT molecular complexity index is 1730. The molecule has 1 aromatic heterocycles. The standard InChI is InChI=1S/C29H29F3N6O3S/c1-42(40,41)38(23-11-12-23)27(19-6-3-8-21(34)14-19)20-7-4-9-22(15-20)35-28(39)25-16-26(29(30,31)32)36-37(25)24-10-2-5-18(13-24)17-33/h2-10,13-16,23,27H,11-12,17,33-34H2,1H3,(H,35,39). The number of hydrogen-bond donors (Lipinski definition) is 3. The van der Waals surface area contributed by atoms with Gasteiger partial charge < -0.3 is 16.8 Å². The van der Waals surface area contributed by atoms with Gasteiger partial charge in [0.15, 0.2) is 5.69 Å². The number of anilines is 2. The molecule has 4 aromatic rings. The SMILES string of the molecule is CS(=O)(=O)N(C1CC1)C(c1cccc(N)c1)c1cccc(NC(=O)c2cc(C(F)(F)F)nn2-c2cccc(CN)c2)c1. The van der Waals surface area contributed by atoms with Gasteiger partial charge >= 0.3 is 6.18 Å². The van der Waals surface area contributed by atoms with Crippen LogP contribution < -0.4 is 16.8 Å². The molecule has 5 rings (SSSR count). The molecule has 1 unspecified atom stereocenters. The predicted octanol–water partition coefficient (Wildman–Crippen LogP) is 4.70. The van der Waals surface area contributed by atoms with Gasteiger partial charge in [-0.05, 0) is 65.9 Å². The predicted molar refractivity (Wildman–Crippen MR) is 153 cm³/mol. The number of carbonyl (C=O) groups is 1. The molecule has 1 atom stereocenters. The molecule has 1 amide bonds. The molecule has 3 aromatic carbocycles. The number of aromatic nitrogens is 2. The summed E-state index contributed by atoms with van der Waals surface area (Å²) in [6, 6.07) is 19.6. The van der Waals surface area contributed by atoms with Crippen molar-refractivity contribution in [3.05, 3.63) is 107 Å². The zero-order valence-corrected chi connectivity index (χ0v) is 23.4. The van der Waals surface area contributed by atoms with Crippen LogP contribution >= 0.6 is 0 Å². The number of nitrogens with zero attached hydrogens (tertiary/aromatic N) is 3. The van der Waals surface area contributed by atoms with Gasteiger partial charge in [0.1, 0.15) is 5.69 Å². The first-order valence-corrected chi connectivity index (χ1v) is 14.9. The molecule has 1 saturated carbocycles. The number of benzene rings is 3. The van der Waals surface area contributed by atoms with E-state index < -0.39 is 33.8 Å². The van der Waals surface area contributed by atoms with Crippen LogP contribution in [0.5, 0.6) is 0 Å². The van der Waals surface area contributed by atoms with E-state index in [0.717, 1.165) is 10.9 Å². The van der Waals surface area contributed by atoms with Crippen molar-refractivity contribution < 1.29 is 26.4 Å². The zero-order valence-electron chi connectivity index (χ0n) is 22.5. The molecular weight excluding hydrogens is 569 g/mol. The maximum Gasteiger partial charge on any atom is 0.435 e. The van der Waals surface area contributed by atoms with Crippen molar-refractivity contribution in [2.75, 3.05) is 17.3 Å². The Morgan fingerprint density at radius 2 is 1.71 bits per heavy atom. The van der Waals surface area contributed by atoms with Gasteiger partial charge in [0, 0.05) is 30.0 Å². The highest BCUT2D eigenvalue weighted by Crippen LogP contribution is 2.41. The number of sulfonamides is 1. The fourth-order valence-corrected chi connectivity index (χ4v) is 6.27. The summed E-state index contributed by atoms with van der Waals surface area (Å²) in [5, 5.41) is 6.32. The summed E-state index contributed by atoms with van der Waals surface area (Å²) in [5.41, 5.74) is 12.9. The molecule has 9 nitrogen and oxygen atoms in total. The lowest BCUT2D eigenvalue weighted by Crippen LogP contribution is -2.36. The smallest absolute Gasteiger partial charge is 0.399 e. The highest BCUT2D eigenvalue weighted by Gasteiger charge is 2.41. The third-order valence-corrected chi connectivity index (χ3v) is 8.13. The molecule has 1 aliphatic carbocycles. The van der Waals surface area contributed by atoms with Crippen LogP contribution in [0.2, 0.25) is 0 Å². The van der Waals surface area contributed by atoms with Crippen LogP contribution in [-0.4, -0.2) is 40.7 Å². The number of nitrogens with two attached hydrogens (primary N) is 2. The maximum atomic E-state index is 13.6. The Labute approximate surface area is 241 Å². The fraction of sp³-hybridized carbons (Fsp3) is 0.241. The minimum atomic E-state index is -4.78. The lowest BCUT2D eigenvalue weighted by atomic mass is 9.97. The third kappa shape index (κ3) is 6.32. The summed E-state index contributed by atoms with van der Waals surface area (Å²) in [5.74, 6) is -0.837. The van der Waals surface area contributed by atoms with Crippen LogP contribution in [0.25, 0.3) is 5.69 Å². The molecule has 0 spiro atoms. The van der Waals surface area contributed by atoms with E-state index in [9.17, 15) is 26.4 Å². The second-order valence-electron chi connectivity index (χ2n) is 10.2. The van der Waals surface area contributed by atoms with Gasteiger partial charge in [-0.25, -0.2) is 13.1 Å². The van der Waals surface area contributed by atoms with E-state index in [0.29, 0.717) is 41.3 Å². The van der Waals surface area contributed by atoms with Crippen LogP contribution in [0.3, 0.4) is 0 Å². The van der Waals surface area contributed by atoms with Gasteiger partial charge in [-0.2, -0.15) is 22.6 Å². The number of amides is 1. The van der Waals surface area contributed by atoms with E-state index >= 15 is 0 Å². The first kappa shape index (κ1) is 29.3. The summed E-state index contributed by atoms with van der Waals surface area (Å²) in [6.07, 6.45) is -2.22. The van der Waals surface area contributed by atoms with Gasteiger partial charge in [-0.1, -0.05) is 36.4 Å². The van der Waals surface area contributed by atoms with Crippen molar-refractivity contribution in [1.29, 1.82) is 0 Å². The Morgan fingerprint density at radius 1 is 1.05 bits per heavy atom. The molecule has 0 bridgehead atoms. The van der Waals surface area contributed by atoms with E-state index in [4.69, 9.17) is 11.5 Å². The van der Waals surface area contributed by atoms with Gasteiger partial charge in [0.2, 0.25) is 10.0 Å². The van der Waals surface area contributed by atoms with Crippen molar-refractivity contribution in [2.24, 2.45) is 5.73 Å². The van der Waals surface area contributed by atoms with Crippen molar-refractivity contribution >= 4 is 27.3 Å². The lowest BCUT2D eigenvalue weighted by molar-refractivity contribution is -0.141. The van der Waals surface area contributed by atoms with Crippen LogP contribution in [0.15, 0.2) is 78.9 Å². The Morgan fingerprint density at radius 3 is 2.33 bits per heavy atom. The van der Waals surface area contributed by atoms with Crippen molar-refractivity contribution in [3.8, 4) is 5.69 Å². The lowest BCUT2D eigenvalue weighted by Gasteiger charge is -2.31. The molecule has 220 valence electrons. The summed E-state index contributed by atoms with van der Waals surface area (Å²) < 4.78 is 69.1. The third-order valence-electron chi connectivity index (χ3n) is 6.85. The molecule has 1 heterocycles. The van der Waals surface area contributed by atoms with Crippen LogP contribution in [0.1, 0.15) is 51.8 Å². The van der Waals surface area contributed by atoms with Gasteiger partial charge in [-0.15, -0.1) is 0 Å². The normalized spacial score (nSPS) is 14.6.